The number of anilines is 1. The first kappa shape index (κ1) is 20.5. The number of aromatic nitrogens is 3. The second-order valence-electron chi connectivity index (χ2n) is 7.42. The number of piperazine rings is 1. The molecule has 0 spiro atoms. The molecule has 1 fully saturated rings. The van der Waals surface area contributed by atoms with Crippen molar-refractivity contribution in [2.45, 2.75) is 30.4 Å². The van der Waals surface area contributed by atoms with E-state index in [2.05, 4.69) is 71.9 Å². The minimum absolute atomic E-state index is 0.00254. The predicted octanol–water partition coefficient (Wildman–Crippen LogP) is 3.28. The van der Waals surface area contributed by atoms with Gasteiger partial charge in [0.2, 0.25) is 10.1 Å². The van der Waals surface area contributed by atoms with Gasteiger partial charge in [0.1, 0.15) is 0 Å². The Morgan fingerprint density at radius 2 is 2.00 bits per heavy atom. The lowest BCUT2D eigenvalue weighted by Crippen LogP contribution is -2.48. The average molecular weight is 524 g/mol. The summed E-state index contributed by atoms with van der Waals surface area (Å²) in [4.78, 5) is 20.6. The van der Waals surface area contributed by atoms with E-state index in [9.17, 15) is 4.79 Å². The summed E-state index contributed by atoms with van der Waals surface area (Å²) in [5, 5.41) is 13.9. The van der Waals surface area contributed by atoms with Crippen molar-refractivity contribution in [3.8, 4) is 0 Å². The van der Waals surface area contributed by atoms with Crippen LogP contribution in [0.4, 0.5) is 5.13 Å². The minimum atomic E-state index is -0.152. The van der Waals surface area contributed by atoms with Crippen molar-refractivity contribution in [2.75, 3.05) is 31.1 Å². The smallest absolute Gasteiger partial charge is 0.282 e. The number of aromatic amines is 1. The zero-order chi connectivity index (χ0) is 20.4. The van der Waals surface area contributed by atoms with E-state index in [0.29, 0.717) is 9.06 Å². The fraction of sp³-hybridized carbons (Fsp3) is 0.450. The summed E-state index contributed by atoms with van der Waals surface area (Å²) in [6.07, 6.45) is 2.78. The van der Waals surface area contributed by atoms with Gasteiger partial charge in [-0.1, -0.05) is 52.1 Å². The lowest BCUT2D eigenvalue weighted by Gasteiger charge is -2.35. The number of para-hydroxylation sites is 1. The van der Waals surface area contributed by atoms with Gasteiger partial charge in [0.25, 0.3) is 5.91 Å². The first-order valence-electron chi connectivity index (χ1n) is 9.83. The average Bonchev–Trinajstić information content (AvgIpc) is 3.36. The van der Waals surface area contributed by atoms with E-state index in [1.165, 1.54) is 22.3 Å². The van der Waals surface area contributed by atoms with Crippen LogP contribution in [0.2, 0.25) is 0 Å². The Morgan fingerprint density at radius 1 is 1.24 bits per heavy atom. The Kier molecular flexibility index (Phi) is 6.35. The van der Waals surface area contributed by atoms with Crippen LogP contribution in [0.5, 0.6) is 0 Å². The zero-order valence-corrected chi connectivity index (χ0v) is 19.5. The minimum Gasteiger partial charge on any atom is -0.361 e. The maximum absolute atomic E-state index is 12.6. The Bertz CT molecular complexity index is 978. The molecule has 2 atom stereocenters. The number of hydrogen-bond acceptors (Lipinski definition) is 6. The molecule has 7 nitrogen and oxygen atoms in total. The molecular weight excluding hydrogens is 499 g/mol. The van der Waals surface area contributed by atoms with E-state index >= 15 is 0 Å². The van der Waals surface area contributed by atoms with Crippen LogP contribution >= 0.6 is 33.9 Å². The molecule has 9 heteroatoms. The number of carbonyl (C=O) groups is 1. The Labute approximate surface area is 188 Å². The Hall–Kier alpha value is -1.72. The molecule has 0 saturated carbocycles. The fourth-order valence-corrected chi connectivity index (χ4v) is 5.03. The molecule has 2 aromatic heterocycles. The van der Waals surface area contributed by atoms with Gasteiger partial charge in [0, 0.05) is 49.3 Å². The van der Waals surface area contributed by atoms with E-state index < -0.39 is 0 Å². The first-order chi connectivity index (χ1) is 14.0. The fourth-order valence-electron chi connectivity index (χ4n) is 3.67. The normalized spacial score (nSPS) is 17.4. The maximum atomic E-state index is 12.6. The molecule has 3 aromatic rings. The molecule has 1 amide bonds. The van der Waals surface area contributed by atoms with E-state index in [4.69, 9.17) is 0 Å². The van der Waals surface area contributed by atoms with Crippen molar-refractivity contribution in [1.82, 2.24) is 25.4 Å². The molecule has 1 aliphatic heterocycles. The van der Waals surface area contributed by atoms with Gasteiger partial charge >= 0.3 is 0 Å². The third-order valence-corrected chi connectivity index (χ3v) is 7.05. The lowest BCUT2D eigenvalue weighted by atomic mass is 10.1. The monoisotopic (exact) mass is 524 g/mol. The summed E-state index contributed by atoms with van der Waals surface area (Å²) < 4.78 is 0.532. The maximum Gasteiger partial charge on any atom is 0.282 e. The van der Waals surface area contributed by atoms with Crippen molar-refractivity contribution in [3.05, 3.63) is 41.0 Å². The highest BCUT2D eigenvalue weighted by Crippen LogP contribution is 2.23. The molecule has 0 bridgehead atoms. The number of carbonyl (C=O) groups excluding carboxylic acids is 1. The highest BCUT2D eigenvalue weighted by atomic mass is 127. The van der Waals surface area contributed by atoms with Crippen LogP contribution in [0.15, 0.2) is 30.5 Å². The molecule has 2 unspecified atom stereocenters. The molecule has 4 rings (SSSR count). The third kappa shape index (κ3) is 4.72. The van der Waals surface area contributed by atoms with E-state index in [1.807, 2.05) is 25.3 Å². The quantitative estimate of drug-likeness (QED) is 0.294. The SMILES string of the molecule is CC(Cc1c[nH]c2ccccc12)NC(=O)c1nnc(N2CCN(C(C)I)CC2)s1. The van der Waals surface area contributed by atoms with Crippen LogP contribution in [-0.4, -0.2) is 62.3 Å². The van der Waals surface area contributed by atoms with Crippen LogP contribution in [0.1, 0.15) is 29.2 Å². The Morgan fingerprint density at radius 3 is 2.76 bits per heavy atom. The highest BCUT2D eigenvalue weighted by Gasteiger charge is 2.23. The second-order valence-corrected chi connectivity index (χ2v) is 10.2. The Balaban J connectivity index is 1.34. The summed E-state index contributed by atoms with van der Waals surface area (Å²) >= 11 is 3.82. The number of hydrogen-bond donors (Lipinski definition) is 2. The van der Waals surface area contributed by atoms with Gasteiger partial charge in [-0.25, -0.2) is 0 Å². The summed E-state index contributed by atoms with van der Waals surface area (Å²) in [6, 6.07) is 8.22. The van der Waals surface area contributed by atoms with Gasteiger partial charge in [-0.05, 0) is 31.9 Å². The molecule has 1 saturated heterocycles. The number of halogens is 1. The molecule has 29 heavy (non-hydrogen) atoms. The highest BCUT2D eigenvalue weighted by molar-refractivity contribution is 14.1. The molecule has 0 radical (unpaired) electrons. The molecule has 154 valence electrons. The summed E-state index contributed by atoms with van der Waals surface area (Å²) in [6.45, 7) is 8.08. The molecule has 1 aromatic carbocycles. The van der Waals surface area contributed by atoms with Crippen molar-refractivity contribution in [3.63, 3.8) is 0 Å². The number of nitrogens with zero attached hydrogens (tertiary/aromatic N) is 4. The van der Waals surface area contributed by atoms with Crippen molar-refractivity contribution < 1.29 is 4.79 Å². The number of benzene rings is 1. The molecule has 0 aliphatic carbocycles. The van der Waals surface area contributed by atoms with Crippen molar-refractivity contribution in [2.24, 2.45) is 0 Å². The van der Waals surface area contributed by atoms with Crippen molar-refractivity contribution >= 4 is 55.9 Å². The van der Waals surface area contributed by atoms with E-state index in [-0.39, 0.29) is 11.9 Å². The number of alkyl halides is 1. The molecule has 1 aliphatic rings. The van der Waals surface area contributed by atoms with Gasteiger partial charge in [-0.3, -0.25) is 9.69 Å². The molecular formula is C20H25IN6OS. The van der Waals surface area contributed by atoms with Gasteiger partial charge in [-0.2, -0.15) is 0 Å². The first-order valence-corrected chi connectivity index (χ1v) is 11.9. The summed E-state index contributed by atoms with van der Waals surface area (Å²) in [7, 11) is 0. The second kappa shape index (κ2) is 8.97. The lowest BCUT2D eigenvalue weighted by molar-refractivity contribution is 0.0939. The van der Waals surface area contributed by atoms with E-state index in [1.54, 1.807) is 0 Å². The van der Waals surface area contributed by atoms with Crippen LogP contribution in [0.25, 0.3) is 10.9 Å². The number of amides is 1. The van der Waals surface area contributed by atoms with Crippen LogP contribution in [0.3, 0.4) is 0 Å². The molecule has 3 heterocycles. The van der Waals surface area contributed by atoms with Crippen LogP contribution in [-0.2, 0) is 6.42 Å². The number of rotatable bonds is 6. The van der Waals surface area contributed by atoms with Gasteiger partial charge < -0.3 is 15.2 Å². The topological polar surface area (TPSA) is 77.1 Å². The third-order valence-electron chi connectivity index (χ3n) is 5.28. The predicted molar refractivity (Wildman–Crippen MR) is 126 cm³/mol. The number of H-pyrrole nitrogens is 1. The van der Waals surface area contributed by atoms with Crippen molar-refractivity contribution in [1.29, 1.82) is 0 Å². The van der Waals surface area contributed by atoms with Crippen LogP contribution in [0, 0.1) is 0 Å². The number of nitrogens with one attached hydrogen (secondary N) is 2. The largest absolute Gasteiger partial charge is 0.361 e. The van der Waals surface area contributed by atoms with E-state index in [0.717, 1.165) is 43.2 Å². The zero-order valence-electron chi connectivity index (χ0n) is 16.6. The van der Waals surface area contributed by atoms with Crippen LogP contribution < -0.4 is 10.2 Å². The van der Waals surface area contributed by atoms with Gasteiger partial charge in [0.15, 0.2) is 0 Å². The molecule has 2 N–H and O–H groups in total. The number of fused-ring (bicyclic) bond motifs is 1. The summed E-state index contributed by atoms with van der Waals surface area (Å²) in [5.41, 5.74) is 2.32. The van der Waals surface area contributed by atoms with Gasteiger partial charge in [-0.15, -0.1) is 10.2 Å². The van der Waals surface area contributed by atoms with Gasteiger partial charge in [0.05, 0.1) is 4.05 Å². The standard InChI is InChI=1S/C20H25IN6OS/c1-13(11-15-12-22-17-6-4-3-5-16(15)17)23-18(28)19-24-25-20(29-19)27-9-7-26(8-10-27)14(2)21/h3-6,12-14,22H,7-11H2,1-2H3,(H,23,28). The summed E-state index contributed by atoms with van der Waals surface area (Å²) in [5.74, 6) is -0.152.